The highest BCUT2D eigenvalue weighted by Crippen LogP contribution is 2.14. The number of H-pyrrole nitrogens is 1. The molecule has 0 saturated carbocycles. The number of aromatic nitrogens is 4. The van der Waals surface area contributed by atoms with Crippen molar-refractivity contribution >= 4 is 10.9 Å². The molecule has 3 rings (SSSR count). The van der Waals surface area contributed by atoms with Crippen LogP contribution in [0.3, 0.4) is 0 Å². The molecule has 0 atom stereocenters. The zero-order chi connectivity index (χ0) is 14.8. The van der Waals surface area contributed by atoms with Crippen molar-refractivity contribution in [2.24, 2.45) is 5.92 Å². The van der Waals surface area contributed by atoms with E-state index in [1.54, 1.807) is 17.0 Å². The van der Waals surface area contributed by atoms with E-state index < -0.39 is 0 Å². The second-order valence-electron chi connectivity index (χ2n) is 5.57. The minimum atomic E-state index is -0.0410. The molecular weight excluding hydrogens is 264 g/mol. The van der Waals surface area contributed by atoms with Gasteiger partial charge in [-0.1, -0.05) is 26.0 Å². The van der Waals surface area contributed by atoms with Crippen LogP contribution in [0.4, 0.5) is 0 Å². The monoisotopic (exact) mass is 282 g/mol. The Kier molecular flexibility index (Phi) is 3.56. The Morgan fingerprint density at radius 3 is 2.81 bits per heavy atom. The van der Waals surface area contributed by atoms with Crippen LogP contribution in [-0.4, -0.2) is 19.7 Å². The van der Waals surface area contributed by atoms with Crippen molar-refractivity contribution in [1.29, 1.82) is 0 Å². The van der Waals surface area contributed by atoms with Gasteiger partial charge in [-0.2, -0.15) is 5.10 Å². The lowest BCUT2D eigenvalue weighted by atomic mass is 10.1. The van der Waals surface area contributed by atoms with Crippen molar-refractivity contribution < 1.29 is 0 Å². The normalized spacial score (nSPS) is 11.4. The lowest BCUT2D eigenvalue weighted by Gasteiger charge is -2.12. The van der Waals surface area contributed by atoms with Gasteiger partial charge in [0.25, 0.3) is 5.56 Å². The number of aromatic amines is 1. The number of nitrogens with zero attached hydrogens (tertiary/aromatic N) is 3. The highest BCUT2D eigenvalue weighted by molar-refractivity contribution is 5.77. The molecule has 0 bridgehead atoms. The highest BCUT2D eigenvalue weighted by Gasteiger charge is 2.13. The van der Waals surface area contributed by atoms with E-state index in [2.05, 4.69) is 29.0 Å². The van der Waals surface area contributed by atoms with E-state index in [-0.39, 0.29) is 5.56 Å². The van der Waals surface area contributed by atoms with Gasteiger partial charge in [0.1, 0.15) is 5.82 Å². The Bertz CT molecular complexity index is 803. The second kappa shape index (κ2) is 5.52. The third-order valence-corrected chi connectivity index (χ3v) is 3.53. The van der Waals surface area contributed by atoms with Gasteiger partial charge in [-0.3, -0.25) is 14.5 Å². The first-order valence-corrected chi connectivity index (χ1v) is 7.16. The summed E-state index contributed by atoms with van der Waals surface area (Å²) >= 11 is 0. The van der Waals surface area contributed by atoms with Gasteiger partial charge in [0, 0.05) is 12.6 Å². The van der Waals surface area contributed by atoms with Gasteiger partial charge in [0.15, 0.2) is 0 Å². The Morgan fingerprint density at radius 2 is 2.10 bits per heavy atom. The molecule has 21 heavy (non-hydrogen) atoms. The number of hydrogen-bond acceptors (Lipinski definition) is 3. The zero-order valence-electron chi connectivity index (χ0n) is 12.2. The molecule has 0 aliphatic heterocycles. The topological polar surface area (TPSA) is 63.6 Å². The Balaban J connectivity index is 2.23. The molecular formula is C16H18N4O. The molecule has 0 amide bonds. The maximum Gasteiger partial charge on any atom is 0.266 e. The van der Waals surface area contributed by atoms with E-state index >= 15 is 0 Å². The molecule has 0 aliphatic rings. The fourth-order valence-electron chi connectivity index (χ4n) is 2.40. The van der Waals surface area contributed by atoms with Crippen LogP contribution in [0.2, 0.25) is 0 Å². The lowest BCUT2D eigenvalue weighted by Crippen LogP contribution is -2.23. The van der Waals surface area contributed by atoms with Crippen LogP contribution in [0.1, 0.15) is 26.1 Å². The van der Waals surface area contributed by atoms with Crippen molar-refractivity contribution in [3.63, 3.8) is 0 Å². The standard InChI is InChI=1S/C16H18N4O/c1-11(2)7-8-15-19-14-6-4-3-5-13(14)16(21)20(15)12-9-17-18-10-12/h3-6,9-11H,7-8H2,1-2H3,(H,17,18). The van der Waals surface area contributed by atoms with Gasteiger partial charge in [0.2, 0.25) is 0 Å². The summed E-state index contributed by atoms with van der Waals surface area (Å²) < 4.78 is 1.66. The number of fused-ring (bicyclic) bond motifs is 1. The summed E-state index contributed by atoms with van der Waals surface area (Å²) in [6.45, 7) is 4.34. The predicted molar refractivity (Wildman–Crippen MR) is 82.6 cm³/mol. The molecule has 3 aromatic rings. The molecule has 2 heterocycles. The van der Waals surface area contributed by atoms with Gasteiger partial charge in [0.05, 0.1) is 22.8 Å². The molecule has 0 spiro atoms. The first-order valence-electron chi connectivity index (χ1n) is 7.16. The summed E-state index contributed by atoms with van der Waals surface area (Å²) in [6, 6.07) is 7.46. The number of benzene rings is 1. The Hall–Kier alpha value is -2.43. The van der Waals surface area contributed by atoms with Crippen LogP contribution in [0, 0.1) is 5.92 Å². The van der Waals surface area contributed by atoms with E-state index in [0.29, 0.717) is 11.3 Å². The number of hydrogen-bond donors (Lipinski definition) is 1. The van der Waals surface area contributed by atoms with Gasteiger partial charge in [-0.15, -0.1) is 0 Å². The molecule has 0 aliphatic carbocycles. The minimum absolute atomic E-state index is 0.0410. The molecule has 1 N–H and O–H groups in total. The van der Waals surface area contributed by atoms with Gasteiger partial charge in [-0.05, 0) is 24.5 Å². The molecule has 0 saturated heterocycles. The highest BCUT2D eigenvalue weighted by atomic mass is 16.1. The summed E-state index contributed by atoms with van der Waals surface area (Å²) in [5, 5.41) is 7.33. The van der Waals surface area contributed by atoms with E-state index in [0.717, 1.165) is 29.9 Å². The fourth-order valence-corrected chi connectivity index (χ4v) is 2.40. The molecule has 1 aromatic carbocycles. The SMILES string of the molecule is CC(C)CCc1nc2ccccc2c(=O)n1-c1cn[nH]c1. The largest absolute Gasteiger partial charge is 0.284 e. The average molecular weight is 282 g/mol. The van der Waals surface area contributed by atoms with E-state index in [1.165, 1.54) is 0 Å². The third kappa shape index (κ3) is 2.59. The number of nitrogens with one attached hydrogen (secondary N) is 1. The van der Waals surface area contributed by atoms with E-state index in [4.69, 9.17) is 0 Å². The second-order valence-corrected chi connectivity index (χ2v) is 5.57. The van der Waals surface area contributed by atoms with Crippen molar-refractivity contribution in [1.82, 2.24) is 19.7 Å². The van der Waals surface area contributed by atoms with Crippen LogP contribution in [0.5, 0.6) is 0 Å². The molecule has 5 heteroatoms. The van der Waals surface area contributed by atoms with Crippen LogP contribution < -0.4 is 5.56 Å². The first kappa shape index (κ1) is 13.5. The summed E-state index contributed by atoms with van der Waals surface area (Å²) in [4.78, 5) is 17.5. The lowest BCUT2D eigenvalue weighted by molar-refractivity contribution is 0.568. The quantitative estimate of drug-likeness (QED) is 0.800. The van der Waals surface area contributed by atoms with Gasteiger partial charge >= 0.3 is 0 Å². The van der Waals surface area contributed by atoms with Gasteiger partial charge < -0.3 is 0 Å². The van der Waals surface area contributed by atoms with Crippen LogP contribution in [-0.2, 0) is 6.42 Å². The maximum absolute atomic E-state index is 12.8. The minimum Gasteiger partial charge on any atom is -0.284 e. The number of para-hydroxylation sites is 1. The smallest absolute Gasteiger partial charge is 0.266 e. The van der Waals surface area contributed by atoms with Crippen LogP contribution in [0.25, 0.3) is 16.6 Å². The molecule has 0 fully saturated rings. The summed E-state index contributed by atoms with van der Waals surface area (Å²) in [6.07, 6.45) is 5.12. The van der Waals surface area contributed by atoms with Crippen molar-refractivity contribution in [3.8, 4) is 5.69 Å². The molecule has 2 aromatic heterocycles. The number of rotatable bonds is 4. The summed E-state index contributed by atoms with van der Waals surface area (Å²) in [7, 11) is 0. The molecule has 0 unspecified atom stereocenters. The van der Waals surface area contributed by atoms with Crippen LogP contribution in [0.15, 0.2) is 41.5 Å². The van der Waals surface area contributed by atoms with E-state index in [1.807, 2.05) is 24.3 Å². The summed E-state index contributed by atoms with van der Waals surface area (Å²) in [5.74, 6) is 1.35. The first-order chi connectivity index (χ1) is 10.2. The molecule has 5 nitrogen and oxygen atoms in total. The Labute approximate surface area is 122 Å². The number of aryl methyl sites for hydroxylation is 1. The van der Waals surface area contributed by atoms with Crippen molar-refractivity contribution in [2.75, 3.05) is 0 Å². The molecule has 0 radical (unpaired) electrons. The zero-order valence-corrected chi connectivity index (χ0v) is 12.2. The summed E-state index contributed by atoms with van der Waals surface area (Å²) in [5.41, 5.74) is 1.44. The maximum atomic E-state index is 12.8. The van der Waals surface area contributed by atoms with Gasteiger partial charge in [-0.25, -0.2) is 4.98 Å². The average Bonchev–Trinajstić information content (AvgIpc) is 2.99. The van der Waals surface area contributed by atoms with E-state index in [9.17, 15) is 4.79 Å². The van der Waals surface area contributed by atoms with Crippen LogP contribution >= 0.6 is 0 Å². The van der Waals surface area contributed by atoms with Crippen molar-refractivity contribution in [3.05, 3.63) is 52.8 Å². The predicted octanol–water partition coefficient (Wildman–Crippen LogP) is 2.70. The van der Waals surface area contributed by atoms with Crippen molar-refractivity contribution in [2.45, 2.75) is 26.7 Å². The fraction of sp³-hybridized carbons (Fsp3) is 0.312. The Morgan fingerprint density at radius 1 is 1.29 bits per heavy atom. The molecule has 108 valence electrons. The third-order valence-electron chi connectivity index (χ3n) is 3.53.